The molecule has 0 aliphatic carbocycles. The minimum absolute atomic E-state index is 0.00934. The van der Waals surface area contributed by atoms with Crippen LogP contribution in [0.5, 0.6) is 17.2 Å². The van der Waals surface area contributed by atoms with E-state index >= 15 is 0 Å². The van der Waals surface area contributed by atoms with Gasteiger partial charge >= 0.3 is 0 Å². The molecule has 0 aromatic heterocycles. The predicted octanol–water partition coefficient (Wildman–Crippen LogP) is 5.44. The second-order valence-electron chi connectivity index (χ2n) is 8.67. The van der Waals surface area contributed by atoms with E-state index in [0.717, 1.165) is 21.9 Å². The largest absolute Gasteiger partial charge is 0.490 e. The molecule has 1 amide bonds. The number of fused-ring (bicyclic) bond motifs is 1. The van der Waals surface area contributed by atoms with Gasteiger partial charge in [0, 0.05) is 5.92 Å². The van der Waals surface area contributed by atoms with Gasteiger partial charge in [0.05, 0.1) is 12.2 Å². The van der Waals surface area contributed by atoms with Gasteiger partial charge in [0.15, 0.2) is 17.3 Å². The Morgan fingerprint density at radius 3 is 2.47 bits per heavy atom. The molecule has 36 heavy (non-hydrogen) atoms. The molecule has 0 fully saturated rings. The third-order valence-corrected chi connectivity index (χ3v) is 6.75. The first kappa shape index (κ1) is 25.5. The number of amides is 1. The Labute approximate surface area is 215 Å². The molecule has 2 heterocycles. The molecule has 0 atom stereocenters. The van der Waals surface area contributed by atoms with Crippen LogP contribution in [0.25, 0.3) is 6.08 Å². The third kappa shape index (κ3) is 5.46. The van der Waals surface area contributed by atoms with Gasteiger partial charge in [-0.1, -0.05) is 38.1 Å². The maximum absolute atomic E-state index is 12.7. The molecule has 2 aliphatic rings. The average Bonchev–Trinajstić information content (AvgIpc) is 3.27. The highest BCUT2D eigenvalue weighted by Gasteiger charge is 2.36. The van der Waals surface area contributed by atoms with Gasteiger partial charge in [-0.3, -0.25) is 10.2 Å². The Bertz CT molecular complexity index is 1260. The van der Waals surface area contributed by atoms with Gasteiger partial charge in [0.1, 0.15) is 24.0 Å². The first-order chi connectivity index (χ1) is 17.3. The molecule has 1 N–H and O–H groups in total. The summed E-state index contributed by atoms with van der Waals surface area (Å²) >= 11 is 1.33. The second-order valence-corrected chi connectivity index (χ2v) is 9.66. The van der Waals surface area contributed by atoms with Crippen molar-refractivity contribution in [1.82, 2.24) is 5.01 Å². The zero-order chi connectivity index (χ0) is 25.8. The highest BCUT2D eigenvalue weighted by Crippen LogP contribution is 2.33. The molecule has 0 radical (unpaired) electrons. The number of benzene rings is 2. The molecule has 0 bridgehead atoms. The summed E-state index contributed by atoms with van der Waals surface area (Å²) in [6.45, 7) is 11.2. The number of thioether (sulfide) groups is 1. The lowest BCUT2D eigenvalue weighted by molar-refractivity contribution is -0.114. The molecular formula is C27H30N4O4S. The van der Waals surface area contributed by atoms with Gasteiger partial charge in [-0.15, -0.1) is 0 Å². The molecule has 9 heteroatoms. The molecule has 8 nitrogen and oxygen atoms in total. The Kier molecular flexibility index (Phi) is 7.79. The van der Waals surface area contributed by atoms with Crippen LogP contribution in [0, 0.1) is 25.2 Å². The number of hydrogen-bond acceptors (Lipinski definition) is 7. The number of rotatable bonds is 9. The van der Waals surface area contributed by atoms with Gasteiger partial charge in [0.2, 0.25) is 5.17 Å². The summed E-state index contributed by atoms with van der Waals surface area (Å²) in [7, 11) is 0. The topological polar surface area (TPSA) is 96.6 Å². The molecule has 2 aliphatic heterocycles. The number of amidine groups is 2. The lowest BCUT2D eigenvalue weighted by Crippen LogP contribution is -2.35. The lowest BCUT2D eigenvalue weighted by atomic mass is 10.1. The molecular weight excluding hydrogens is 476 g/mol. The van der Waals surface area contributed by atoms with E-state index in [1.165, 1.54) is 16.8 Å². The van der Waals surface area contributed by atoms with E-state index in [9.17, 15) is 4.79 Å². The number of carbonyl (C=O) groups excluding carboxylic acids is 1. The van der Waals surface area contributed by atoms with Crippen LogP contribution in [-0.2, 0) is 4.79 Å². The van der Waals surface area contributed by atoms with Crippen molar-refractivity contribution in [1.29, 1.82) is 5.41 Å². The van der Waals surface area contributed by atoms with E-state index in [-0.39, 0.29) is 17.3 Å². The van der Waals surface area contributed by atoms with Gasteiger partial charge in [-0.2, -0.15) is 15.1 Å². The molecule has 4 rings (SSSR count). The molecule has 0 saturated carbocycles. The number of nitrogens with one attached hydrogen (secondary N) is 1. The van der Waals surface area contributed by atoms with E-state index in [2.05, 4.69) is 10.1 Å². The van der Waals surface area contributed by atoms with Crippen LogP contribution >= 0.6 is 11.8 Å². The highest BCUT2D eigenvalue weighted by molar-refractivity contribution is 8.27. The normalized spacial score (nSPS) is 16.3. The van der Waals surface area contributed by atoms with E-state index in [0.29, 0.717) is 42.1 Å². The number of carbonyl (C=O) groups is 1. The van der Waals surface area contributed by atoms with Crippen LogP contribution in [0.3, 0.4) is 0 Å². The number of aliphatic imine (C=N–C) groups is 1. The molecule has 2 aromatic carbocycles. The first-order valence-corrected chi connectivity index (χ1v) is 12.7. The van der Waals surface area contributed by atoms with Gasteiger partial charge in [-0.25, -0.2) is 0 Å². The van der Waals surface area contributed by atoms with Crippen molar-refractivity contribution in [3.8, 4) is 17.2 Å². The zero-order valence-electron chi connectivity index (χ0n) is 21.1. The van der Waals surface area contributed by atoms with Gasteiger partial charge in [0.25, 0.3) is 5.91 Å². The Balaban J connectivity index is 1.48. The van der Waals surface area contributed by atoms with Crippen molar-refractivity contribution in [2.24, 2.45) is 16.0 Å². The summed E-state index contributed by atoms with van der Waals surface area (Å²) in [4.78, 5) is 16.8. The van der Waals surface area contributed by atoms with Crippen molar-refractivity contribution in [3.63, 3.8) is 0 Å². The SMILES string of the molecule is CCOc1cc(C=C2C(=N)N3N=C(C(C)C)SC3=NC2=O)ccc1OCCOc1c(C)cccc1C. The Morgan fingerprint density at radius 1 is 1.06 bits per heavy atom. The smallest absolute Gasteiger partial charge is 0.283 e. The van der Waals surface area contributed by atoms with Crippen molar-refractivity contribution >= 4 is 39.8 Å². The van der Waals surface area contributed by atoms with Crippen molar-refractivity contribution < 1.29 is 19.0 Å². The van der Waals surface area contributed by atoms with Crippen LogP contribution in [0.1, 0.15) is 37.5 Å². The number of para-hydroxylation sites is 1. The maximum atomic E-state index is 12.7. The zero-order valence-corrected chi connectivity index (χ0v) is 21.9. The number of hydrogen-bond donors (Lipinski definition) is 1. The Hall–Kier alpha value is -3.59. The molecule has 0 unspecified atom stereocenters. The lowest BCUT2D eigenvalue weighted by Gasteiger charge is -2.20. The monoisotopic (exact) mass is 506 g/mol. The van der Waals surface area contributed by atoms with Crippen LogP contribution in [-0.4, -0.2) is 46.8 Å². The molecule has 0 spiro atoms. The minimum Gasteiger partial charge on any atom is -0.490 e. The number of hydrazone groups is 1. The summed E-state index contributed by atoms with van der Waals surface area (Å²) in [5.41, 5.74) is 3.04. The van der Waals surface area contributed by atoms with Crippen molar-refractivity contribution in [2.45, 2.75) is 34.6 Å². The van der Waals surface area contributed by atoms with Crippen LogP contribution in [0.4, 0.5) is 0 Å². The summed E-state index contributed by atoms with van der Waals surface area (Å²) in [6, 6.07) is 11.4. The van der Waals surface area contributed by atoms with Crippen molar-refractivity contribution in [2.75, 3.05) is 19.8 Å². The second kappa shape index (κ2) is 11.0. The average molecular weight is 507 g/mol. The van der Waals surface area contributed by atoms with E-state index in [4.69, 9.17) is 19.6 Å². The summed E-state index contributed by atoms with van der Waals surface area (Å²) in [5, 5.41) is 15.7. The van der Waals surface area contributed by atoms with Gasteiger partial charge < -0.3 is 14.2 Å². The summed E-state index contributed by atoms with van der Waals surface area (Å²) < 4.78 is 17.7. The number of ether oxygens (including phenoxy) is 3. The molecule has 2 aromatic rings. The van der Waals surface area contributed by atoms with Crippen molar-refractivity contribution in [3.05, 3.63) is 58.7 Å². The minimum atomic E-state index is -0.458. The Morgan fingerprint density at radius 2 is 1.78 bits per heavy atom. The fourth-order valence-corrected chi connectivity index (χ4v) is 4.62. The van der Waals surface area contributed by atoms with E-state index in [1.54, 1.807) is 18.2 Å². The summed E-state index contributed by atoms with van der Waals surface area (Å²) in [6.07, 6.45) is 1.63. The van der Waals surface area contributed by atoms with Crippen LogP contribution in [0.2, 0.25) is 0 Å². The number of aryl methyl sites for hydroxylation is 2. The third-order valence-electron chi connectivity index (χ3n) is 5.54. The highest BCUT2D eigenvalue weighted by atomic mass is 32.2. The fraction of sp³-hybridized carbons (Fsp3) is 0.333. The fourth-order valence-electron chi connectivity index (χ4n) is 3.73. The van der Waals surface area contributed by atoms with Gasteiger partial charge in [-0.05, 0) is 67.4 Å². The number of nitrogens with zero attached hydrogens (tertiary/aromatic N) is 3. The first-order valence-electron chi connectivity index (χ1n) is 11.9. The van der Waals surface area contributed by atoms with E-state index in [1.807, 2.05) is 58.9 Å². The molecule has 0 saturated heterocycles. The van der Waals surface area contributed by atoms with Crippen LogP contribution in [0.15, 0.2) is 52.1 Å². The van der Waals surface area contributed by atoms with Crippen LogP contribution < -0.4 is 14.2 Å². The standard InChI is InChI=1S/C27H30N4O4S/c1-6-33-22-15-19(10-11-21(22)34-12-13-35-23-17(4)8-7-9-18(23)5)14-20-24(28)31-27(29-25(20)32)36-26(30-31)16(2)3/h7-11,14-16,28H,6,12-13H2,1-5H3. The van der Waals surface area contributed by atoms with E-state index < -0.39 is 5.91 Å². The molecule has 188 valence electrons. The predicted molar refractivity (Wildman–Crippen MR) is 144 cm³/mol. The maximum Gasteiger partial charge on any atom is 0.283 e. The quantitative estimate of drug-likeness (QED) is 0.360. The summed E-state index contributed by atoms with van der Waals surface area (Å²) in [5.74, 6) is 1.74.